The normalized spacial score (nSPS) is 14.0. The minimum Gasteiger partial charge on any atom is -0.597 e. The van der Waals surface area contributed by atoms with Gasteiger partial charge in [0.1, 0.15) is 0 Å². The van der Waals surface area contributed by atoms with Gasteiger partial charge in [0.2, 0.25) is 0 Å². The highest BCUT2D eigenvalue weighted by Crippen LogP contribution is 2.60. The van der Waals surface area contributed by atoms with E-state index in [1.54, 1.807) is 24.3 Å². The minimum absolute atomic E-state index is 0.292. The van der Waals surface area contributed by atoms with E-state index in [9.17, 15) is 9.69 Å². The summed E-state index contributed by atoms with van der Waals surface area (Å²) in [6, 6.07) is 30.5. The number of anilines is 1. The van der Waals surface area contributed by atoms with Crippen LogP contribution in [0.1, 0.15) is 31.1 Å². The summed E-state index contributed by atoms with van der Waals surface area (Å²) in [7, 11) is -4.05. The molecule has 6 nitrogen and oxygen atoms in total. The monoisotopic (exact) mass is 522 g/mol. The van der Waals surface area contributed by atoms with Crippen molar-refractivity contribution >= 4 is 41.2 Å². The number of nitrogens with one attached hydrogen (secondary N) is 2. The summed E-state index contributed by atoms with van der Waals surface area (Å²) in [6.07, 6.45) is 0. The van der Waals surface area contributed by atoms with Crippen molar-refractivity contribution in [2.24, 2.45) is 0 Å². The van der Waals surface area contributed by atoms with Crippen LogP contribution in [-0.2, 0) is 0 Å². The lowest BCUT2D eigenvalue weighted by atomic mass is 9.92. The lowest BCUT2D eigenvalue weighted by molar-refractivity contribution is -0.200. The summed E-state index contributed by atoms with van der Waals surface area (Å²) in [5, 5.41) is 9.91. The Morgan fingerprint density at radius 3 is 1.76 bits per heavy atom. The van der Waals surface area contributed by atoms with Crippen LogP contribution in [0.5, 0.6) is 11.5 Å². The fraction of sp³-hybridized carbons (Fsp3) is 0.129. The summed E-state index contributed by atoms with van der Waals surface area (Å²) in [4.78, 5) is 27.5. The van der Waals surface area contributed by atoms with E-state index < -0.39 is 13.6 Å². The zero-order chi connectivity index (χ0) is 26.5. The summed E-state index contributed by atoms with van der Waals surface area (Å²) in [5.41, 5.74) is 1.88. The number of para-hydroxylation sites is 1. The highest BCUT2D eigenvalue weighted by atomic mass is 31.2. The highest BCUT2D eigenvalue weighted by Gasteiger charge is 2.41. The van der Waals surface area contributed by atoms with Gasteiger partial charge in [0.05, 0.1) is 11.3 Å². The molecule has 7 heteroatoms. The van der Waals surface area contributed by atoms with Crippen LogP contribution in [0.2, 0.25) is 0 Å². The first-order chi connectivity index (χ1) is 18.2. The predicted molar refractivity (Wildman–Crippen MR) is 152 cm³/mol. The van der Waals surface area contributed by atoms with Crippen LogP contribution in [0.4, 0.5) is 5.69 Å². The molecule has 0 spiro atoms. The maximum absolute atomic E-state index is 14.4. The van der Waals surface area contributed by atoms with Crippen molar-refractivity contribution in [3.8, 4) is 22.6 Å². The standard InChI is InChI=1S/C31H27N2O4P/c1-31(2,3)32-30(34)24-14-8-9-15-25(24)33-38(35)36-26-18-16-20-10-4-6-12-22(20)28(26)29-23-13-7-5-11-21(23)17-19-27(29)37-38/h4-19H,1-3H3,(H,32,34)(H,33,35). The molecule has 0 radical (unpaired) electrons. The second-order valence-electron chi connectivity index (χ2n) is 10.4. The van der Waals surface area contributed by atoms with Crippen LogP contribution in [-0.4, -0.2) is 11.4 Å². The number of fused-ring (bicyclic) bond motifs is 7. The molecule has 0 fully saturated rings. The van der Waals surface area contributed by atoms with Gasteiger partial charge in [-0.1, -0.05) is 72.8 Å². The van der Waals surface area contributed by atoms with Crippen LogP contribution < -0.4 is 24.3 Å². The van der Waals surface area contributed by atoms with Crippen molar-refractivity contribution in [2.75, 3.05) is 5.09 Å². The molecule has 0 saturated heterocycles. The van der Waals surface area contributed by atoms with Crippen molar-refractivity contribution in [1.29, 1.82) is 0 Å². The average Bonchev–Trinajstić information content (AvgIpc) is 3.01. The maximum atomic E-state index is 14.4. The molecule has 1 aliphatic heterocycles. The zero-order valence-electron chi connectivity index (χ0n) is 21.3. The third-order valence-electron chi connectivity index (χ3n) is 6.39. The molecule has 0 unspecified atom stereocenters. The smallest absolute Gasteiger partial charge is 0.431 e. The summed E-state index contributed by atoms with van der Waals surface area (Å²) in [6.45, 7) is 5.72. The first-order valence-corrected chi connectivity index (χ1v) is 14.0. The van der Waals surface area contributed by atoms with E-state index in [0.717, 1.165) is 32.7 Å². The van der Waals surface area contributed by atoms with Gasteiger partial charge in [-0.05, 0) is 66.6 Å². The third-order valence-corrected chi connectivity index (χ3v) is 7.78. The number of rotatable bonds is 3. The van der Waals surface area contributed by atoms with Gasteiger partial charge in [-0.25, -0.2) is 0 Å². The van der Waals surface area contributed by atoms with Crippen molar-refractivity contribution in [2.45, 2.75) is 26.3 Å². The van der Waals surface area contributed by atoms with Crippen LogP contribution >= 0.6 is 8.09 Å². The number of hydrogen-bond donors (Lipinski definition) is 2. The fourth-order valence-electron chi connectivity index (χ4n) is 4.83. The van der Waals surface area contributed by atoms with E-state index in [-0.39, 0.29) is 5.91 Å². The van der Waals surface area contributed by atoms with Crippen molar-refractivity contribution in [1.82, 2.24) is 5.32 Å². The molecule has 5 aromatic carbocycles. The second-order valence-corrected chi connectivity index (χ2v) is 11.9. The molecule has 0 aromatic heterocycles. The van der Waals surface area contributed by atoms with Gasteiger partial charge < -0.3 is 10.2 Å². The Bertz CT molecular complexity index is 1620. The van der Waals surface area contributed by atoms with Crippen LogP contribution in [0.25, 0.3) is 32.7 Å². The van der Waals surface area contributed by atoms with E-state index in [1.807, 2.05) is 93.6 Å². The van der Waals surface area contributed by atoms with Crippen molar-refractivity contribution < 1.29 is 18.7 Å². The Kier molecular flexibility index (Phi) is 5.75. The molecule has 1 amide bonds. The molecule has 5 aromatic rings. The van der Waals surface area contributed by atoms with Gasteiger partial charge in [0.25, 0.3) is 5.91 Å². The second kappa shape index (κ2) is 9.02. The molecular weight excluding hydrogens is 495 g/mol. The molecule has 0 atom stereocenters. The average molecular weight is 523 g/mol. The molecular formula is C31H27N2O4P. The Hall–Kier alpha value is -4.12. The van der Waals surface area contributed by atoms with Crippen LogP contribution in [0.15, 0.2) is 97.1 Å². The number of carbonyl (C=O) groups is 1. The summed E-state index contributed by atoms with van der Waals surface area (Å²) >= 11 is 0. The molecule has 2 N–H and O–H groups in total. The largest absolute Gasteiger partial charge is 0.597 e. The third kappa shape index (κ3) is 4.43. The van der Waals surface area contributed by atoms with Crippen LogP contribution in [0, 0.1) is 0 Å². The van der Waals surface area contributed by atoms with E-state index in [1.165, 1.54) is 0 Å². The lowest BCUT2D eigenvalue weighted by Crippen LogP contribution is -2.41. The summed E-state index contributed by atoms with van der Waals surface area (Å²) < 4.78 is 12.4. The molecule has 38 heavy (non-hydrogen) atoms. The topological polar surface area (TPSA) is 82.7 Å². The molecule has 190 valence electrons. The Morgan fingerprint density at radius 2 is 1.21 bits per heavy atom. The molecule has 0 saturated carbocycles. The number of carbonyl (C=O) groups excluding carboxylic acids is 1. The minimum atomic E-state index is -4.05. The lowest BCUT2D eigenvalue weighted by Gasteiger charge is -2.28. The van der Waals surface area contributed by atoms with Gasteiger partial charge in [-0.3, -0.25) is 13.8 Å². The van der Waals surface area contributed by atoms with E-state index in [0.29, 0.717) is 22.7 Å². The van der Waals surface area contributed by atoms with Crippen molar-refractivity contribution in [3.05, 3.63) is 103 Å². The van der Waals surface area contributed by atoms with Crippen molar-refractivity contribution in [3.63, 3.8) is 0 Å². The Balaban J connectivity index is 1.52. The molecule has 1 heterocycles. The first-order valence-electron chi connectivity index (χ1n) is 12.4. The van der Waals surface area contributed by atoms with Crippen LogP contribution in [0.3, 0.4) is 0 Å². The van der Waals surface area contributed by atoms with E-state index in [2.05, 4.69) is 10.4 Å². The number of hydrogen-bond acceptors (Lipinski definition) is 5. The molecule has 0 aliphatic carbocycles. The quantitative estimate of drug-likeness (QED) is 0.247. The SMILES string of the molecule is CC(C)(C)NC(=O)c1ccccc1N[P+]1([O-])Oc2ccc3ccccc3c2-c2c(ccc3ccccc23)O1. The van der Waals surface area contributed by atoms with Gasteiger partial charge in [-0.2, -0.15) is 5.09 Å². The van der Waals surface area contributed by atoms with E-state index in [4.69, 9.17) is 9.05 Å². The highest BCUT2D eigenvalue weighted by molar-refractivity contribution is 7.61. The number of benzene rings is 5. The fourth-order valence-corrected chi connectivity index (χ4v) is 6.27. The van der Waals surface area contributed by atoms with Gasteiger partial charge >= 0.3 is 8.09 Å². The molecule has 0 bridgehead atoms. The molecule has 6 rings (SSSR count). The van der Waals surface area contributed by atoms with E-state index >= 15 is 0 Å². The predicted octanol–water partition coefficient (Wildman–Crippen LogP) is 7.11. The molecule has 1 aliphatic rings. The zero-order valence-corrected chi connectivity index (χ0v) is 22.2. The van der Waals surface area contributed by atoms with Gasteiger partial charge in [0.15, 0.2) is 11.5 Å². The first kappa shape index (κ1) is 24.2. The van der Waals surface area contributed by atoms with Gasteiger partial charge in [0, 0.05) is 16.7 Å². The number of amides is 1. The Morgan fingerprint density at radius 1 is 0.711 bits per heavy atom. The Labute approximate surface area is 221 Å². The van der Waals surface area contributed by atoms with Gasteiger partial charge in [-0.15, -0.1) is 0 Å². The summed E-state index contributed by atoms with van der Waals surface area (Å²) in [5.74, 6) is 0.581. The maximum Gasteiger partial charge on any atom is 0.431 e.